The molecule has 0 spiro atoms. The van der Waals surface area contributed by atoms with Crippen molar-refractivity contribution in [2.45, 2.75) is 20.8 Å². The Bertz CT molecular complexity index is 1810. The third kappa shape index (κ3) is 4.30. The van der Waals surface area contributed by atoms with Crippen molar-refractivity contribution in [1.29, 1.82) is 0 Å². The van der Waals surface area contributed by atoms with Gasteiger partial charge in [-0.25, -0.2) is 4.98 Å². The number of pyridine rings is 2. The quantitative estimate of drug-likeness (QED) is 0.188. The molecule has 0 N–H and O–H groups in total. The Balaban J connectivity index is 1.54. The van der Waals surface area contributed by atoms with Gasteiger partial charge >= 0.3 is 0 Å². The topological polar surface area (TPSA) is 38.1 Å². The molecule has 178 valence electrons. The fourth-order valence-corrected chi connectivity index (χ4v) is 4.93. The summed E-state index contributed by atoms with van der Waals surface area (Å²) in [6.45, 7) is 6.35. The maximum absolute atomic E-state index is 5.09. The highest BCUT2D eigenvalue weighted by molar-refractivity contribution is 6.07. The van der Waals surface area contributed by atoms with Gasteiger partial charge in [-0.1, -0.05) is 78.9 Å². The summed E-state index contributed by atoms with van der Waals surface area (Å²) in [4.78, 5) is 14.7. The van der Waals surface area contributed by atoms with Crippen LogP contribution in [0.5, 0.6) is 0 Å². The molecule has 0 radical (unpaired) electrons. The van der Waals surface area contributed by atoms with E-state index in [1.165, 1.54) is 11.1 Å². The second-order valence-corrected chi connectivity index (χ2v) is 9.47. The number of para-hydroxylation sites is 1. The van der Waals surface area contributed by atoms with Crippen LogP contribution in [-0.4, -0.2) is 15.7 Å². The zero-order chi connectivity index (χ0) is 25.4. The summed E-state index contributed by atoms with van der Waals surface area (Å²) >= 11 is 0. The number of aromatic nitrogens is 2. The van der Waals surface area contributed by atoms with E-state index in [9.17, 15) is 0 Å². The van der Waals surface area contributed by atoms with Crippen LogP contribution >= 0.6 is 0 Å². The van der Waals surface area contributed by atoms with Crippen molar-refractivity contribution in [3.05, 3.63) is 126 Å². The summed E-state index contributed by atoms with van der Waals surface area (Å²) in [5.41, 5.74) is 11.7. The first kappa shape index (κ1) is 22.8. The summed E-state index contributed by atoms with van der Waals surface area (Å²) in [7, 11) is 0. The molecule has 3 nitrogen and oxygen atoms in total. The van der Waals surface area contributed by atoms with E-state index < -0.39 is 0 Å². The summed E-state index contributed by atoms with van der Waals surface area (Å²) in [5, 5.41) is 2.19. The molecule has 0 aliphatic carbocycles. The number of rotatable bonds is 4. The summed E-state index contributed by atoms with van der Waals surface area (Å²) in [5.74, 6) is 0. The largest absolute Gasteiger partial charge is 0.254 e. The van der Waals surface area contributed by atoms with Gasteiger partial charge in [0.05, 0.1) is 22.4 Å². The maximum Gasteiger partial charge on any atom is 0.0972 e. The minimum absolute atomic E-state index is 0.925. The number of aliphatic imine (C=N–C) groups is 1. The van der Waals surface area contributed by atoms with Crippen molar-refractivity contribution in [2.75, 3.05) is 0 Å². The Morgan fingerprint density at radius 3 is 2.19 bits per heavy atom. The lowest BCUT2D eigenvalue weighted by Gasteiger charge is -2.15. The zero-order valence-electron chi connectivity index (χ0n) is 21.2. The fraction of sp³-hybridized carbons (Fsp3) is 0.0882. The average molecular weight is 478 g/mol. The first-order chi connectivity index (χ1) is 18.1. The van der Waals surface area contributed by atoms with Gasteiger partial charge in [-0.2, -0.15) is 0 Å². The van der Waals surface area contributed by atoms with Crippen LogP contribution in [0, 0.1) is 13.8 Å². The van der Waals surface area contributed by atoms with Crippen molar-refractivity contribution in [1.82, 2.24) is 9.97 Å². The number of nitrogens with zero attached hydrogens (tertiary/aromatic N) is 3. The maximum atomic E-state index is 5.09. The smallest absolute Gasteiger partial charge is 0.0972 e. The van der Waals surface area contributed by atoms with Gasteiger partial charge in [0.2, 0.25) is 0 Å². The standard InChI is InChI=1S/C34H27N3/c1-22-9-4-6-12-28(22)30-21-27(16-18-29(30)24(3)36-31-13-7-5-10-23(31)2)32-19-17-26-15-14-25-11-8-20-35-33(25)34(26)37-32/h4-21H,1-3H3. The van der Waals surface area contributed by atoms with Crippen LogP contribution in [0.1, 0.15) is 23.6 Å². The van der Waals surface area contributed by atoms with Crippen molar-refractivity contribution >= 4 is 33.2 Å². The molecule has 0 aliphatic heterocycles. The summed E-state index contributed by atoms with van der Waals surface area (Å²) in [6, 6.07) is 35.9. The minimum Gasteiger partial charge on any atom is -0.254 e. The Morgan fingerprint density at radius 2 is 1.38 bits per heavy atom. The molecule has 0 atom stereocenters. The van der Waals surface area contributed by atoms with Crippen LogP contribution in [0.25, 0.3) is 44.2 Å². The molecule has 0 saturated heterocycles. The highest BCUT2D eigenvalue weighted by atomic mass is 14.8. The normalized spacial score (nSPS) is 11.8. The van der Waals surface area contributed by atoms with Gasteiger partial charge in [-0.3, -0.25) is 9.98 Å². The van der Waals surface area contributed by atoms with Gasteiger partial charge in [-0.05, 0) is 67.3 Å². The molecule has 0 saturated carbocycles. The molecular weight excluding hydrogens is 450 g/mol. The van der Waals surface area contributed by atoms with Crippen LogP contribution in [0.3, 0.4) is 0 Å². The first-order valence-electron chi connectivity index (χ1n) is 12.5. The van der Waals surface area contributed by atoms with Gasteiger partial charge in [0.15, 0.2) is 0 Å². The molecule has 0 amide bonds. The number of fused-ring (bicyclic) bond motifs is 3. The van der Waals surface area contributed by atoms with E-state index >= 15 is 0 Å². The summed E-state index contributed by atoms with van der Waals surface area (Å²) < 4.78 is 0. The van der Waals surface area contributed by atoms with Gasteiger partial charge in [0.1, 0.15) is 0 Å². The highest BCUT2D eigenvalue weighted by Gasteiger charge is 2.14. The Hall–Kier alpha value is -4.63. The zero-order valence-corrected chi connectivity index (χ0v) is 21.2. The molecule has 0 aliphatic rings. The van der Waals surface area contributed by atoms with Crippen molar-refractivity contribution < 1.29 is 0 Å². The molecule has 2 heterocycles. The van der Waals surface area contributed by atoms with E-state index in [1.807, 2.05) is 24.4 Å². The highest BCUT2D eigenvalue weighted by Crippen LogP contribution is 2.33. The van der Waals surface area contributed by atoms with Crippen LogP contribution < -0.4 is 0 Å². The SMILES string of the molecule is CC(=Nc1ccccc1C)c1ccc(-c2ccc3ccc4cccnc4c3n2)cc1-c1ccccc1C. The van der Waals surface area contributed by atoms with Crippen LogP contribution in [0.4, 0.5) is 5.69 Å². The second-order valence-electron chi connectivity index (χ2n) is 9.47. The Kier molecular flexibility index (Phi) is 5.82. The molecule has 3 heteroatoms. The lowest BCUT2D eigenvalue weighted by molar-refractivity contribution is 1.36. The number of hydrogen-bond donors (Lipinski definition) is 0. The van der Waals surface area contributed by atoms with Crippen LogP contribution in [0.2, 0.25) is 0 Å². The second kappa shape index (κ2) is 9.44. The molecular formula is C34H27N3. The van der Waals surface area contributed by atoms with Crippen molar-refractivity contribution in [2.24, 2.45) is 4.99 Å². The molecule has 6 aromatic rings. The molecule has 2 aromatic heterocycles. The summed E-state index contributed by atoms with van der Waals surface area (Å²) in [6.07, 6.45) is 1.83. The lowest BCUT2D eigenvalue weighted by Crippen LogP contribution is -2.00. The van der Waals surface area contributed by atoms with Crippen molar-refractivity contribution in [3.8, 4) is 22.4 Å². The lowest BCUT2D eigenvalue weighted by atomic mass is 9.91. The van der Waals surface area contributed by atoms with E-state index in [2.05, 4.69) is 111 Å². The van der Waals surface area contributed by atoms with Gasteiger partial charge in [-0.15, -0.1) is 0 Å². The van der Waals surface area contributed by atoms with E-state index in [4.69, 9.17) is 9.98 Å². The van der Waals surface area contributed by atoms with Gasteiger partial charge in [0, 0.05) is 33.8 Å². The van der Waals surface area contributed by atoms with Crippen molar-refractivity contribution in [3.63, 3.8) is 0 Å². The Labute approximate surface area is 217 Å². The molecule has 6 rings (SSSR count). The van der Waals surface area contributed by atoms with E-state index in [0.29, 0.717) is 0 Å². The van der Waals surface area contributed by atoms with E-state index in [1.54, 1.807) is 0 Å². The molecule has 37 heavy (non-hydrogen) atoms. The minimum atomic E-state index is 0.925. The predicted octanol–water partition coefficient (Wildman–Crippen LogP) is 8.87. The van der Waals surface area contributed by atoms with Crippen LogP contribution in [-0.2, 0) is 0 Å². The number of aryl methyl sites for hydroxylation is 2. The van der Waals surface area contributed by atoms with Gasteiger partial charge in [0.25, 0.3) is 0 Å². The fourth-order valence-electron chi connectivity index (χ4n) is 4.93. The first-order valence-corrected chi connectivity index (χ1v) is 12.5. The van der Waals surface area contributed by atoms with E-state index in [0.717, 1.165) is 61.2 Å². The van der Waals surface area contributed by atoms with E-state index in [-0.39, 0.29) is 0 Å². The average Bonchev–Trinajstić information content (AvgIpc) is 2.94. The number of hydrogen-bond acceptors (Lipinski definition) is 3. The van der Waals surface area contributed by atoms with Crippen LogP contribution in [0.15, 0.2) is 114 Å². The molecule has 0 bridgehead atoms. The number of benzene rings is 4. The predicted molar refractivity (Wildman–Crippen MR) is 156 cm³/mol. The van der Waals surface area contributed by atoms with Gasteiger partial charge < -0.3 is 0 Å². The third-order valence-corrected chi connectivity index (χ3v) is 6.98. The molecule has 0 unspecified atom stereocenters. The monoisotopic (exact) mass is 477 g/mol. The Morgan fingerprint density at radius 1 is 0.649 bits per heavy atom. The molecule has 4 aromatic carbocycles. The molecule has 0 fully saturated rings. The third-order valence-electron chi connectivity index (χ3n) is 6.98.